The number of Topliss-reactive ketones (excluding diaryl/α,β-unsaturated/α-hetero) is 1. The third-order valence-corrected chi connectivity index (χ3v) is 3.25. The summed E-state index contributed by atoms with van der Waals surface area (Å²) < 4.78 is 0. The summed E-state index contributed by atoms with van der Waals surface area (Å²) in [5, 5.41) is 8.29. The number of amides is 2. The minimum atomic E-state index is -0.328. The molecule has 0 aliphatic rings. The molecule has 0 unspecified atom stereocenters. The molecule has 1 aromatic rings. The first-order chi connectivity index (χ1) is 11.0. The zero-order valence-electron chi connectivity index (χ0n) is 14.0. The predicted molar refractivity (Wildman–Crippen MR) is 89.9 cm³/mol. The fraction of sp³-hybridized carbons (Fsp3) is 0.471. The maximum absolute atomic E-state index is 12.2. The number of carbonyl (C=O) groups excluding carboxylic acids is 3. The fourth-order valence-electron chi connectivity index (χ4n) is 2.02. The normalized spacial score (nSPS) is 10.2. The van der Waals surface area contributed by atoms with E-state index in [1.807, 2.05) is 13.8 Å². The smallest absolute Gasteiger partial charge is 0.251 e. The molecule has 1 aromatic carbocycles. The number of rotatable bonds is 9. The average molecular weight is 319 g/mol. The summed E-state index contributed by atoms with van der Waals surface area (Å²) in [7, 11) is 1.51. The Hall–Kier alpha value is -2.21. The fourth-order valence-corrected chi connectivity index (χ4v) is 2.02. The van der Waals surface area contributed by atoms with Crippen LogP contribution in [0.5, 0.6) is 0 Å². The van der Waals surface area contributed by atoms with Gasteiger partial charge in [0.1, 0.15) is 0 Å². The molecule has 0 heterocycles. The van der Waals surface area contributed by atoms with Crippen molar-refractivity contribution in [3.63, 3.8) is 0 Å². The summed E-state index contributed by atoms with van der Waals surface area (Å²) in [6.45, 7) is 5.44. The molecule has 0 fully saturated rings. The van der Waals surface area contributed by atoms with Crippen LogP contribution in [0.2, 0.25) is 0 Å². The Morgan fingerprint density at radius 1 is 0.870 bits per heavy atom. The Morgan fingerprint density at radius 3 is 2.00 bits per heavy atom. The van der Waals surface area contributed by atoms with E-state index in [1.165, 1.54) is 25.2 Å². The quantitative estimate of drug-likeness (QED) is 0.474. The van der Waals surface area contributed by atoms with Crippen LogP contribution >= 0.6 is 0 Å². The van der Waals surface area contributed by atoms with Gasteiger partial charge in [-0.25, -0.2) is 0 Å². The van der Waals surface area contributed by atoms with Crippen molar-refractivity contribution in [3.8, 4) is 0 Å². The zero-order valence-corrected chi connectivity index (χ0v) is 14.0. The third kappa shape index (κ3) is 5.83. The van der Waals surface area contributed by atoms with E-state index in [0.29, 0.717) is 23.2 Å². The second-order valence-electron chi connectivity index (χ2n) is 5.23. The van der Waals surface area contributed by atoms with Gasteiger partial charge in [-0.15, -0.1) is 0 Å². The Labute approximate surface area is 137 Å². The molecule has 6 heteroatoms. The molecule has 3 N–H and O–H groups in total. The van der Waals surface area contributed by atoms with Gasteiger partial charge in [-0.05, 0) is 37.6 Å². The van der Waals surface area contributed by atoms with E-state index < -0.39 is 0 Å². The highest BCUT2D eigenvalue weighted by Gasteiger charge is 2.15. The van der Waals surface area contributed by atoms with E-state index in [9.17, 15) is 14.4 Å². The van der Waals surface area contributed by atoms with E-state index in [4.69, 9.17) is 0 Å². The van der Waals surface area contributed by atoms with Gasteiger partial charge in [-0.3, -0.25) is 14.4 Å². The lowest BCUT2D eigenvalue weighted by Crippen LogP contribution is -2.27. The third-order valence-electron chi connectivity index (χ3n) is 3.25. The largest absolute Gasteiger partial charge is 0.355 e. The molecular formula is C17H25N3O3. The van der Waals surface area contributed by atoms with Crippen LogP contribution in [0.25, 0.3) is 0 Å². The van der Waals surface area contributed by atoms with Crippen LogP contribution in [0.4, 0.5) is 0 Å². The first kappa shape index (κ1) is 18.8. The first-order valence-corrected chi connectivity index (χ1v) is 7.92. The lowest BCUT2D eigenvalue weighted by Gasteiger charge is -2.10. The minimum absolute atomic E-state index is 0.145. The number of benzene rings is 1. The van der Waals surface area contributed by atoms with Crippen molar-refractivity contribution < 1.29 is 14.4 Å². The molecule has 1 rings (SSSR count). The van der Waals surface area contributed by atoms with Crippen LogP contribution in [0.15, 0.2) is 18.2 Å². The van der Waals surface area contributed by atoms with Gasteiger partial charge in [0.25, 0.3) is 11.8 Å². The van der Waals surface area contributed by atoms with Crippen molar-refractivity contribution in [2.24, 2.45) is 0 Å². The van der Waals surface area contributed by atoms with Crippen LogP contribution in [0.1, 0.15) is 57.8 Å². The highest BCUT2D eigenvalue weighted by atomic mass is 16.2. The molecule has 0 spiro atoms. The molecule has 0 saturated carbocycles. The Morgan fingerprint density at radius 2 is 1.43 bits per heavy atom. The minimum Gasteiger partial charge on any atom is -0.355 e. The molecule has 0 aliphatic heterocycles. The van der Waals surface area contributed by atoms with Crippen LogP contribution < -0.4 is 16.0 Å². The van der Waals surface area contributed by atoms with Crippen molar-refractivity contribution in [2.75, 3.05) is 26.7 Å². The topological polar surface area (TPSA) is 87.3 Å². The van der Waals surface area contributed by atoms with E-state index >= 15 is 0 Å². The number of hydrogen-bond donors (Lipinski definition) is 3. The van der Waals surface area contributed by atoms with Gasteiger partial charge in [0, 0.05) is 30.3 Å². The molecule has 6 nitrogen and oxygen atoms in total. The number of hydrogen-bond acceptors (Lipinski definition) is 4. The first-order valence-electron chi connectivity index (χ1n) is 7.92. The molecule has 2 amide bonds. The van der Waals surface area contributed by atoms with E-state index in [2.05, 4.69) is 16.0 Å². The molecule has 0 atom stereocenters. The molecule has 0 bridgehead atoms. The lowest BCUT2D eigenvalue weighted by molar-refractivity contribution is 0.0953. The van der Waals surface area contributed by atoms with E-state index in [1.54, 1.807) is 0 Å². The molecule has 0 aromatic heterocycles. The summed E-state index contributed by atoms with van der Waals surface area (Å²) in [6, 6.07) is 4.55. The summed E-state index contributed by atoms with van der Waals surface area (Å²) in [6.07, 6.45) is 1.74. The Balaban J connectivity index is 3.06. The predicted octanol–water partition coefficient (Wildman–Crippen LogP) is 1.37. The van der Waals surface area contributed by atoms with Gasteiger partial charge in [-0.1, -0.05) is 13.8 Å². The second kappa shape index (κ2) is 9.74. The molecule has 126 valence electrons. The highest BCUT2D eigenvalue weighted by molar-refractivity contribution is 6.05. The van der Waals surface area contributed by atoms with Gasteiger partial charge < -0.3 is 16.0 Å². The number of nitrogens with one attached hydrogen (secondary N) is 3. The average Bonchev–Trinajstić information content (AvgIpc) is 2.58. The van der Waals surface area contributed by atoms with Crippen molar-refractivity contribution in [3.05, 3.63) is 34.9 Å². The maximum Gasteiger partial charge on any atom is 0.251 e. The molecular weight excluding hydrogens is 294 g/mol. The SMILES string of the molecule is CCCNCC(=O)c1cc(C(=O)NC)cc(C(=O)NCCC)c1. The zero-order chi connectivity index (χ0) is 17.2. The van der Waals surface area contributed by atoms with Gasteiger partial charge in [0.05, 0.1) is 6.54 Å². The molecule has 0 saturated heterocycles. The number of ketones is 1. The van der Waals surface area contributed by atoms with Crippen molar-refractivity contribution >= 4 is 17.6 Å². The van der Waals surface area contributed by atoms with Crippen LogP contribution in [0.3, 0.4) is 0 Å². The summed E-state index contributed by atoms with van der Waals surface area (Å²) in [5.41, 5.74) is 0.977. The monoisotopic (exact) mass is 319 g/mol. The van der Waals surface area contributed by atoms with Crippen molar-refractivity contribution in [2.45, 2.75) is 26.7 Å². The number of carbonyl (C=O) groups is 3. The Kier molecular flexibility index (Phi) is 7.97. The highest BCUT2D eigenvalue weighted by Crippen LogP contribution is 2.12. The van der Waals surface area contributed by atoms with Crippen molar-refractivity contribution in [1.82, 2.24) is 16.0 Å². The van der Waals surface area contributed by atoms with Crippen LogP contribution in [-0.4, -0.2) is 44.3 Å². The lowest BCUT2D eigenvalue weighted by atomic mass is 10.0. The Bertz CT molecular complexity index is 570. The van der Waals surface area contributed by atoms with Gasteiger partial charge in [-0.2, -0.15) is 0 Å². The van der Waals surface area contributed by atoms with E-state index in [0.717, 1.165) is 19.4 Å². The molecule has 0 aliphatic carbocycles. The van der Waals surface area contributed by atoms with E-state index in [-0.39, 0.29) is 24.1 Å². The maximum atomic E-state index is 12.2. The standard InChI is InChI=1S/C17H25N3O3/c1-4-6-19-11-15(21)12-8-13(16(22)18-3)10-14(9-12)17(23)20-7-5-2/h8-10,19H,4-7,11H2,1-3H3,(H,18,22)(H,20,23). The van der Waals surface area contributed by atoms with Crippen LogP contribution in [-0.2, 0) is 0 Å². The van der Waals surface area contributed by atoms with Crippen molar-refractivity contribution in [1.29, 1.82) is 0 Å². The van der Waals surface area contributed by atoms with Gasteiger partial charge in [0.2, 0.25) is 0 Å². The molecule has 23 heavy (non-hydrogen) atoms. The summed E-state index contributed by atoms with van der Waals surface area (Å²) in [4.78, 5) is 36.2. The van der Waals surface area contributed by atoms with Crippen LogP contribution in [0, 0.1) is 0 Å². The van der Waals surface area contributed by atoms with Gasteiger partial charge >= 0.3 is 0 Å². The summed E-state index contributed by atoms with van der Waals surface area (Å²) in [5.74, 6) is -0.757. The summed E-state index contributed by atoms with van der Waals surface area (Å²) >= 11 is 0. The van der Waals surface area contributed by atoms with Gasteiger partial charge in [0.15, 0.2) is 5.78 Å². The second-order valence-corrected chi connectivity index (χ2v) is 5.23. The molecule has 0 radical (unpaired) electrons.